The van der Waals surface area contributed by atoms with Crippen LogP contribution in [0, 0.1) is 3.82 Å². The molecule has 0 N–H and O–H groups in total. The normalized spacial score (nSPS) is 11.6. The van der Waals surface area contributed by atoms with E-state index in [0.717, 1.165) is 14.4 Å². The Labute approximate surface area is 118 Å². The van der Waals surface area contributed by atoms with Gasteiger partial charge in [-0.25, -0.2) is 0 Å². The zero-order chi connectivity index (χ0) is 12.1. The molecule has 86 valence electrons. The Morgan fingerprint density at radius 3 is 2.53 bits per heavy atom. The van der Waals surface area contributed by atoms with Gasteiger partial charge in [0.15, 0.2) is 0 Å². The Morgan fingerprint density at radius 2 is 1.82 bits per heavy atom. The lowest BCUT2D eigenvalue weighted by atomic mass is 10.2. The maximum Gasteiger partial charge on any atom is 0.102 e. The molecule has 0 spiro atoms. The summed E-state index contributed by atoms with van der Waals surface area (Å²) in [5, 5.41) is 0.767. The van der Waals surface area contributed by atoms with Crippen LogP contribution in [-0.2, 0) is 0 Å². The van der Waals surface area contributed by atoms with Gasteiger partial charge in [0.1, 0.15) is 3.82 Å². The molecule has 0 radical (unpaired) electrons. The lowest BCUT2D eigenvalue weighted by Crippen LogP contribution is -1.71. The summed E-state index contributed by atoms with van der Waals surface area (Å²) >= 11 is 11.1. The van der Waals surface area contributed by atoms with E-state index in [9.17, 15) is 0 Å². The highest BCUT2D eigenvalue weighted by atomic mass is 35.5. The molecule has 1 aromatic carbocycles. The first-order valence-electron chi connectivity index (χ1n) is 4.95. The minimum absolute atomic E-state index is 0.767. The fourth-order valence-corrected chi connectivity index (χ4v) is 3.67. The predicted molar refractivity (Wildman–Crippen MR) is 82.6 cm³/mol. The summed E-state index contributed by atoms with van der Waals surface area (Å²) in [5.41, 5.74) is 1.02. The quantitative estimate of drug-likeness (QED) is 0.385. The van der Waals surface area contributed by atoms with Gasteiger partial charge in [-0.2, -0.15) is 0 Å². The van der Waals surface area contributed by atoms with E-state index >= 15 is 0 Å². The van der Waals surface area contributed by atoms with E-state index in [-0.39, 0.29) is 0 Å². The van der Waals surface area contributed by atoms with Gasteiger partial charge < -0.3 is 0 Å². The summed E-state index contributed by atoms with van der Waals surface area (Å²) in [6, 6.07) is 9.77. The maximum absolute atomic E-state index is 6.04. The summed E-state index contributed by atoms with van der Waals surface area (Å²) < 4.78 is 0.935. The van der Waals surface area contributed by atoms with Crippen molar-refractivity contribution in [3.63, 3.8) is 0 Å². The van der Waals surface area contributed by atoms with Gasteiger partial charge in [-0.3, -0.25) is 0 Å². The number of hydrogen-bond donors (Lipinski definition) is 0. The van der Waals surface area contributed by atoms with Crippen LogP contribution in [0.2, 0.25) is 5.02 Å². The minimum Gasteiger partial charge on any atom is -0.0837 e. The van der Waals surface area contributed by atoms with Crippen molar-refractivity contribution in [2.24, 2.45) is 0 Å². The van der Waals surface area contributed by atoms with Crippen LogP contribution in [0.15, 0.2) is 42.5 Å². The second-order valence-corrected chi connectivity index (χ2v) is 6.62. The number of rotatable bonds is 3. The standard InChI is InChI=1S/C13H9ClS3/c14-12-8-4-2-6-10(12)5-1-3-7-11-9-13(15)17-16-11/h1-9H. The van der Waals surface area contributed by atoms with E-state index in [2.05, 4.69) is 0 Å². The topological polar surface area (TPSA) is 0 Å². The minimum atomic E-state index is 0.767. The molecule has 0 aliphatic rings. The van der Waals surface area contributed by atoms with Crippen LogP contribution in [0.5, 0.6) is 0 Å². The van der Waals surface area contributed by atoms with Crippen LogP contribution >= 0.6 is 44.5 Å². The summed E-state index contributed by atoms with van der Waals surface area (Å²) in [6.07, 6.45) is 8.01. The van der Waals surface area contributed by atoms with Crippen LogP contribution in [0.3, 0.4) is 0 Å². The Hall–Kier alpha value is -0.740. The van der Waals surface area contributed by atoms with Gasteiger partial charge in [0.25, 0.3) is 0 Å². The van der Waals surface area contributed by atoms with E-state index in [0.29, 0.717) is 0 Å². The van der Waals surface area contributed by atoms with E-state index in [1.165, 1.54) is 4.88 Å². The van der Waals surface area contributed by atoms with Gasteiger partial charge >= 0.3 is 0 Å². The van der Waals surface area contributed by atoms with Gasteiger partial charge in [0, 0.05) is 9.90 Å². The molecule has 0 unspecified atom stereocenters. The average molecular weight is 297 g/mol. The molecule has 1 heterocycles. The van der Waals surface area contributed by atoms with Crippen molar-refractivity contribution in [1.29, 1.82) is 0 Å². The number of allylic oxidation sites excluding steroid dienone is 2. The lowest BCUT2D eigenvalue weighted by Gasteiger charge is -1.94. The van der Waals surface area contributed by atoms with Gasteiger partial charge in [0.2, 0.25) is 0 Å². The second kappa shape index (κ2) is 6.26. The number of halogens is 1. The first-order valence-corrected chi connectivity index (χ1v) is 7.89. The predicted octanol–water partition coefficient (Wildman–Crippen LogP) is 5.92. The Bertz CT molecular complexity index is 605. The molecule has 0 nitrogen and oxygen atoms in total. The SMILES string of the molecule is S=c1cc(C=CC=Cc2ccccc2Cl)ss1. The molecule has 0 bridgehead atoms. The molecular formula is C13H9ClS3. The van der Waals surface area contributed by atoms with Crippen LogP contribution in [0.1, 0.15) is 10.4 Å². The smallest absolute Gasteiger partial charge is 0.0837 e. The molecule has 0 saturated carbocycles. The molecule has 0 aliphatic carbocycles. The summed E-state index contributed by atoms with van der Waals surface area (Å²) in [5.74, 6) is 0. The van der Waals surface area contributed by atoms with Crippen LogP contribution in [0.4, 0.5) is 0 Å². The molecule has 0 aliphatic heterocycles. The highest BCUT2D eigenvalue weighted by molar-refractivity contribution is 7.79. The molecule has 17 heavy (non-hydrogen) atoms. The van der Waals surface area contributed by atoms with Crippen molar-refractivity contribution in [1.82, 2.24) is 0 Å². The van der Waals surface area contributed by atoms with Gasteiger partial charge in [-0.1, -0.05) is 80.9 Å². The summed E-state index contributed by atoms with van der Waals surface area (Å²) in [6.45, 7) is 0. The zero-order valence-corrected chi connectivity index (χ0v) is 12.0. The van der Waals surface area contributed by atoms with Crippen molar-refractivity contribution in [3.05, 3.63) is 61.8 Å². The molecule has 0 saturated heterocycles. The van der Waals surface area contributed by atoms with Crippen molar-refractivity contribution < 1.29 is 0 Å². The summed E-state index contributed by atoms with van der Waals surface area (Å²) in [4.78, 5) is 1.18. The van der Waals surface area contributed by atoms with E-state index in [1.54, 1.807) is 20.7 Å². The van der Waals surface area contributed by atoms with Gasteiger partial charge in [-0.15, -0.1) is 0 Å². The summed E-state index contributed by atoms with van der Waals surface area (Å²) in [7, 11) is 3.31. The molecule has 0 atom stereocenters. The van der Waals surface area contributed by atoms with Crippen molar-refractivity contribution >= 4 is 56.7 Å². The van der Waals surface area contributed by atoms with Crippen LogP contribution in [-0.4, -0.2) is 0 Å². The fourth-order valence-electron chi connectivity index (χ4n) is 1.25. The first-order chi connectivity index (χ1) is 8.25. The average Bonchev–Trinajstić information content (AvgIpc) is 2.73. The largest absolute Gasteiger partial charge is 0.102 e. The monoisotopic (exact) mass is 296 g/mol. The fraction of sp³-hybridized carbons (Fsp3) is 0. The zero-order valence-electron chi connectivity index (χ0n) is 8.80. The van der Waals surface area contributed by atoms with Crippen molar-refractivity contribution in [2.45, 2.75) is 0 Å². The van der Waals surface area contributed by atoms with Crippen molar-refractivity contribution in [3.8, 4) is 0 Å². The third-order valence-electron chi connectivity index (χ3n) is 2.03. The van der Waals surface area contributed by atoms with Crippen LogP contribution < -0.4 is 0 Å². The van der Waals surface area contributed by atoms with E-state index in [4.69, 9.17) is 23.8 Å². The van der Waals surface area contributed by atoms with Crippen LogP contribution in [0.25, 0.3) is 12.2 Å². The van der Waals surface area contributed by atoms with Gasteiger partial charge in [-0.05, 0) is 23.8 Å². The highest BCUT2D eigenvalue weighted by Crippen LogP contribution is 2.19. The van der Waals surface area contributed by atoms with Crippen molar-refractivity contribution in [2.75, 3.05) is 0 Å². The Morgan fingerprint density at radius 1 is 1.06 bits per heavy atom. The highest BCUT2D eigenvalue weighted by Gasteiger charge is 1.92. The third-order valence-corrected chi connectivity index (χ3v) is 5.24. The molecule has 4 heteroatoms. The lowest BCUT2D eigenvalue weighted by molar-refractivity contribution is 1.66. The molecule has 0 fully saturated rings. The first kappa shape index (κ1) is 12.7. The molecule has 2 rings (SSSR count). The second-order valence-electron chi connectivity index (χ2n) is 3.27. The Kier molecular flexibility index (Phi) is 4.68. The molecule has 0 amide bonds. The Balaban J connectivity index is 2.05. The maximum atomic E-state index is 6.04. The third kappa shape index (κ3) is 3.89. The van der Waals surface area contributed by atoms with Gasteiger partial charge in [0.05, 0.1) is 0 Å². The molecule has 1 aromatic heterocycles. The molecular weight excluding hydrogens is 288 g/mol. The molecule has 2 aromatic rings. The van der Waals surface area contributed by atoms with E-state index in [1.807, 2.05) is 54.6 Å². The van der Waals surface area contributed by atoms with E-state index < -0.39 is 0 Å². The number of hydrogen-bond acceptors (Lipinski definition) is 3. The number of benzene rings is 1.